The van der Waals surface area contributed by atoms with Crippen LogP contribution in [-0.4, -0.2) is 94.5 Å². The molecule has 6 heterocycles. The zero-order valence-corrected chi connectivity index (χ0v) is 30.2. The van der Waals surface area contributed by atoms with Gasteiger partial charge in [0, 0.05) is 11.1 Å². The van der Waals surface area contributed by atoms with Crippen LogP contribution >= 0.6 is 15.6 Å². The predicted molar refractivity (Wildman–Crippen MR) is 154 cm³/mol. The third-order valence-electron chi connectivity index (χ3n) is 9.28. The minimum Gasteiger partial charge on any atom is -0.756 e. The zero-order chi connectivity index (χ0) is 35.0. The molecular weight excluding hydrogens is 780 g/mol. The van der Waals surface area contributed by atoms with Crippen molar-refractivity contribution in [2.75, 3.05) is 13.6 Å². The molecular formula is C28H22N2O18P2Zn. The summed E-state index contributed by atoms with van der Waals surface area (Å²) in [6.45, 7) is -0.195. The van der Waals surface area contributed by atoms with Gasteiger partial charge in [0.2, 0.25) is 25.1 Å². The first kappa shape index (κ1) is 34.5. The van der Waals surface area contributed by atoms with E-state index in [2.05, 4.69) is 10.6 Å². The first-order valence-corrected chi connectivity index (χ1v) is 17.7. The monoisotopic (exact) mass is 800 g/mol. The molecule has 0 saturated carbocycles. The van der Waals surface area contributed by atoms with Crippen molar-refractivity contribution in [3.63, 3.8) is 0 Å². The Morgan fingerprint density at radius 2 is 1.02 bits per heavy atom. The number of carbonyl (C=O) groups is 2. The number of carbonyl (C=O) groups excluding carboxylic acids is 2. The maximum atomic E-state index is 12.5. The van der Waals surface area contributed by atoms with Crippen LogP contribution in [0, 0.1) is 0 Å². The van der Waals surface area contributed by atoms with Crippen molar-refractivity contribution in [2.24, 2.45) is 0 Å². The summed E-state index contributed by atoms with van der Waals surface area (Å²) in [6.07, 6.45) is -4.30. The van der Waals surface area contributed by atoms with Gasteiger partial charge in [-0.05, 0) is 35.4 Å². The molecule has 0 aromatic heterocycles. The Labute approximate surface area is 297 Å². The van der Waals surface area contributed by atoms with Gasteiger partial charge in [-0.2, -0.15) is 0 Å². The minimum absolute atomic E-state index is 0. The summed E-state index contributed by atoms with van der Waals surface area (Å²) in [5.41, 5.74) is 1.35. The van der Waals surface area contributed by atoms with E-state index in [1.807, 2.05) is 0 Å². The fraction of sp³-hybridized carbons (Fsp3) is 0.357. The number of hydrogen-bond acceptors (Lipinski definition) is 18. The third-order valence-corrected chi connectivity index (χ3v) is 11.3. The number of rotatable bonds is 0. The minimum atomic E-state index is -4.56. The van der Waals surface area contributed by atoms with Gasteiger partial charge in [0.05, 0.1) is 23.2 Å². The average Bonchev–Trinajstić information content (AvgIpc) is 3.84. The fourth-order valence-corrected chi connectivity index (χ4v) is 9.51. The normalized spacial score (nSPS) is 36.9. The van der Waals surface area contributed by atoms with Gasteiger partial charge >= 0.3 is 19.5 Å². The van der Waals surface area contributed by atoms with Crippen LogP contribution < -0.4 is 39.4 Å². The Balaban J connectivity index is 0.000000144. The number of hydrogen-bond donors (Lipinski definition) is 6. The van der Waals surface area contributed by atoms with Crippen molar-refractivity contribution in [1.82, 2.24) is 10.6 Å². The summed E-state index contributed by atoms with van der Waals surface area (Å²) >= 11 is 0. The second-order valence-electron chi connectivity index (χ2n) is 12.1. The van der Waals surface area contributed by atoms with Gasteiger partial charge in [0.15, 0.2) is 23.0 Å². The van der Waals surface area contributed by atoms with Crippen LogP contribution in [0.2, 0.25) is 0 Å². The number of ether oxygens (including phenoxy) is 4. The van der Waals surface area contributed by atoms with Gasteiger partial charge in [-0.1, -0.05) is 0 Å². The van der Waals surface area contributed by atoms with E-state index < -0.39 is 76.2 Å². The molecule has 10 rings (SSSR count). The summed E-state index contributed by atoms with van der Waals surface area (Å²) in [5.74, 6) is -1.38. The van der Waals surface area contributed by atoms with Crippen molar-refractivity contribution in [3.05, 3.63) is 46.5 Å². The molecule has 8 aliphatic rings. The Hall–Kier alpha value is -3.58. The first-order valence-electron chi connectivity index (χ1n) is 14.8. The standard InChI is InChI=1S/2C14H12NO9P.Zn/c2*16-6-1-5-4-2-7-12(22-3-21-7)10(17)8(4)14(18)15-9(5)13-11(6)23-25(19,20)24-13;/h2*1-2,6,9,11,13,16-17H,3H2,(H,15,18)(H,19,20);/q;;+2/p-2/t2*6-,9+,11+,13-;/m00./s1. The Kier molecular flexibility index (Phi) is 7.93. The van der Waals surface area contributed by atoms with E-state index >= 15 is 0 Å². The van der Waals surface area contributed by atoms with Gasteiger partial charge in [0.25, 0.3) is 27.5 Å². The maximum absolute atomic E-state index is 12.5. The molecule has 0 bridgehead atoms. The number of nitrogens with one attached hydrogen (secondary N) is 2. The Morgan fingerprint density at radius 1 is 0.647 bits per heavy atom. The van der Waals surface area contributed by atoms with Gasteiger partial charge in [0.1, 0.15) is 36.6 Å². The topological polar surface area (TPSA) is 293 Å². The number of phosphoric ester groups is 2. The first-order chi connectivity index (χ1) is 23.7. The average molecular weight is 802 g/mol. The molecule has 2 aliphatic carbocycles. The zero-order valence-electron chi connectivity index (χ0n) is 25.4. The van der Waals surface area contributed by atoms with Crippen LogP contribution in [0.25, 0.3) is 11.1 Å². The van der Waals surface area contributed by atoms with E-state index in [0.717, 1.165) is 0 Å². The number of phosphoric acid groups is 2. The molecule has 23 heteroatoms. The summed E-state index contributed by atoms with van der Waals surface area (Å²) in [4.78, 5) is 48.2. The smallest absolute Gasteiger partial charge is 0.756 e. The third kappa shape index (κ3) is 5.22. The summed E-state index contributed by atoms with van der Waals surface area (Å²) in [6, 6.07) is 1.29. The van der Waals surface area contributed by atoms with Crippen molar-refractivity contribution in [3.8, 4) is 34.5 Å². The van der Waals surface area contributed by atoms with Gasteiger partial charge in [-0.25, -0.2) is 0 Å². The molecule has 2 aromatic carbocycles. The summed E-state index contributed by atoms with van der Waals surface area (Å²) in [5, 5.41) is 46.4. The Bertz CT molecular complexity index is 1950. The van der Waals surface area contributed by atoms with Crippen molar-refractivity contribution < 1.29 is 105 Å². The number of aliphatic hydroxyl groups excluding tert-OH is 2. The largest absolute Gasteiger partial charge is 2.00 e. The van der Waals surface area contributed by atoms with E-state index in [-0.39, 0.29) is 78.7 Å². The van der Waals surface area contributed by atoms with E-state index in [0.29, 0.717) is 22.3 Å². The van der Waals surface area contributed by atoms with Gasteiger partial charge in [-0.15, -0.1) is 0 Å². The molecule has 0 radical (unpaired) electrons. The molecule has 10 atom stereocenters. The number of amides is 2. The number of benzene rings is 2. The molecule has 264 valence electrons. The van der Waals surface area contributed by atoms with Crippen LogP contribution in [0.3, 0.4) is 0 Å². The van der Waals surface area contributed by atoms with Gasteiger partial charge in [-0.3, -0.25) is 18.7 Å². The van der Waals surface area contributed by atoms with Crippen LogP contribution in [-0.2, 0) is 46.7 Å². The number of aromatic hydroxyl groups is 2. The molecule has 6 aliphatic heterocycles. The quantitative estimate of drug-likeness (QED) is 0.130. The van der Waals surface area contributed by atoms with E-state index in [9.17, 15) is 48.9 Å². The second-order valence-corrected chi connectivity index (χ2v) is 14.7. The SMILES string of the molecule is O=C1N[C@@H]2C(=C[C@H](O)[C@H]3OP(=O)([O-])O[C@H]32)c2cc3c(c(O)c21)OCO3.O=C1N[C@@H]2C(=C[C@H](O)[C@H]3OP(=O)([O-])O[C@H]32)c2cc3c(c(O)c21)OCO3.[Zn+2]. The molecule has 6 N–H and O–H groups in total. The summed E-state index contributed by atoms with van der Waals surface area (Å²) in [7, 11) is -9.13. The van der Waals surface area contributed by atoms with Crippen LogP contribution in [0.5, 0.6) is 34.5 Å². The molecule has 0 spiro atoms. The molecule has 51 heavy (non-hydrogen) atoms. The Morgan fingerprint density at radius 3 is 1.41 bits per heavy atom. The number of phenols is 2. The maximum Gasteiger partial charge on any atom is 2.00 e. The fourth-order valence-electron chi connectivity index (χ4n) is 7.25. The number of aliphatic hydroxyl groups is 2. The van der Waals surface area contributed by atoms with Crippen LogP contribution in [0.4, 0.5) is 0 Å². The molecule has 20 nitrogen and oxygen atoms in total. The van der Waals surface area contributed by atoms with E-state index in [4.69, 9.17) is 37.0 Å². The van der Waals surface area contributed by atoms with Crippen molar-refractivity contribution in [2.45, 2.75) is 48.7 Å². The molecule has 2 aromatic rings. The van der Waals surface area contributed by atoms with Crippen LogP contribution in [0.15, 0.2) is 24.3 Å². The molecule has 2 amide bonds. The molecule has 2 fully saturated rings. The van der Waals surface area contributed by atoms with Crippen LogP contribution in [0.1, 0.15) is 31.8 Å². The number of fused-ring (bicyclic) bond motifs is 12. The van der Waals surface area contributed by atoms with Gasteiger partial charge < -0.3 is 77.9 Å². The number of phenolic OH excluding ortho intramolecular Hbond substituents is 2. The molecule has 2 saturated heterocycles. The van der Waals surface area contributed by atoms with Crippen molar-refractivity contribution >= 4 is 38.6 Å². The van der Waals surface area contributed by atoms with E-state index in [1.54, 1.807) is 0 Å². The van der Waals surface area contributed by atoms with Crippen molar-refractivity contribution in [1.29, 1.82) is 0 Å². The van der Waals surface area contributed by atoms with E-state index in [1.165, 1.54) is 24.3 Å². The molecule has 2 unspecified atom stereocenters. The second kappa shape index (κ2) is 11.7. The predicted octanol–water partition coefficient (Wildman–Crippen LogP) is -1.52. The summed E-state index contributed by atoms with van der Waals surface area (Å²) < 4.78 is 63.4.